The molecule has 158 valence electrons. The van der Waals surface area contributed by atoms with E-state index in [0.29, 0.717) is 6.42 Å². The maximum absolute atomic E-state index is 13.5. The maximum Gasteiger partial charge on any atom is 0.261 e. The molecular formula is C24H21Cl2N3O2. The molecule has 0 aliphatic carbocycles. The van der Waals surface area contributed by atoms with E-state index in [1.165, 1.54) is 0 Å². The van der Waals surface area contributed by atoms with Crippen LogP contribution in [-0.2, 0) is 4.79 Å². The largest absolute Gasteiger partial charge is 0.305 e. The van der Waals surface area contributed by atoms with Crippen molar-refractivity contribution in [1.29, 1.82) is 0 Å². The van der Waals surface area contributed by atoms with Crippen molar-refractivity contribution in [3.8, 4) is 0 Å². The lowest BCUT2D eigenvalue weighted by atomic mass is 9.89. The zero-order valence-corrected chi connectivity index (χ0v) is 18.6. The highest BCUT2D eigenvalue weighted by molar-refractivity contribution is 6.35. The average molecular weight is 454 g/mol. The summed E-state index contributed by atoms with van der Waals surface area (Å²) in [6, 6.07) is 20.0. The lowest BCUT2D eigenvalue weighted by Crippen LogP contribution is -2.47. The zero-order valence-electron chi connectivity index (χ0n) is 17.1. The number of hydrogen-bond donors (Lipinski definition) is 0. The minimum atomic E-state index is -0.248. The Morgan fingerprint density at radius 2 is 1.68 bits per heavy atom. The SMILES string of the molecule is CC(=O)N(c1ccccc1)[C@@H]1C[C@H](C)N(C(=O)c2ccc(Cl)nc2Cl)c2ccccc21. The molecule has 5 nitrogen and oxygen atoms in total. The molecule has 0 saturated carbocycles. The van der Waals surface area contributed by atoms with Gasteiger partial charge in [-0.25, -0.2) is 4.98 Å². The van der Waals surface area contributed by atoms with Gasteiger partial charge in [-0.2, -0.15) is 0 Å². The number of aromatic nitrogens is 1. The van der Waals surface area contributed by atoms with Crippen molar-refractivity contribution in [3.05, 3.63) is 88.2 Å². The van der Waals surface area contributed by atoms with E-state index in [1.807, 2.05) is 61.5 Å². The summed E-state index contributed by atoms with van der Waals surface area (Å²) in [6.07, 6.45) is 0.579. The first-order valence-corrected chi connectivity index (χ1v) is 10.7. The van der Waals surface area contributed by atoms with Crippen LogP contribution in [0, 0.1) is 0 Å². The molecule has 31 heavy (non-hydrogen) atoms. The van der Waals surface area contributed by atoms with Crippen LogP contribution in [0.5, 0.6) is 0 Å². The van der Waals surface area contributed by atoms with E-state index >= 15 is 0 Å². The number of para-hydroxylation sites is 2. The molecule has 2 amide bonds. The van der Waals surface area contributed by atoms with Gasteiger partial charge in [-0.05, 0) is 49.2 Å². The topological polar surface area (TPSA) is 53.5 Å². The van der Waals surface area contributed by atoms with Crippen LogP contribution in [0.2, 0.25) is 10.3 Å². The van der Waals surface area contributed by atoms with E-state index < -0.39 is 0 Å². The highest BCUT2D eigenvalue weighted by atomic mass is 35.5. The van der Waals surface area contributed by atoms with Crippen molar-refractivity contribution in [1.82, 2.24) is 4.98 Å². The Morgan fingerprint density at radius 3 is 2.35 bits per heavy atom. The Labute approximate surface area is 191 Å². The Bertz CT molecular complexity index is 1140. The standard InChI is InChI=1S/C24H21Cl2N3O2/c1-15-14-21(29(16(2)30)17-8-4-3-5-9-17)18-10-6-7-11-20(18)28(15)24(31)19-12-13-22(25)27-23(19)26/h3-13,15,21H,14H2,1-2H3/t15-,21+/m0/s1. The number of nitrogens with zero attached hydrogens (tertiary/aromatic N) is 3. The molecule has 0 saturated heterocycles. The average Bonchev–Trinajstić information content (AvgIpc) is 2.74. The van der Waals surface area contributed by atoms with Gasteiger partial charge in [0.25, 0.3) is 5.91 Å². The van der Waals surface area contributed by atoms with E-state index in [2.05, 4.69) is 4.98 Å². The van der Waals surface area contributed by atoms with Crippen LogP contribution < -0.4 is 9.80 Å². The summed E-state index contributed by atoms with van der Waals surface area (Å²) in [5.41, 5.74) is 2.78. The number of fused-ring (bicyclic) bond motifs is 1. The first-order valence-electron chi connectivity index (χ1n) is 9.98. The Hall–Kier alpha value is -2.89. The number of anilines is 2. The third kappa shape index (κ3) is 4.03. The van der Waals surface area contributed by atoms with Crippen LogP contribution in [0.3, 0.4) is 0 Å². The predicted octanol–water partition coefficient (Wildman–Crippen LogP) is 5.92. The summed E-state index contributed by atoms with van der Waals surface area (Å²) in [6.45, 7) is 3.54. The van der Waals surface area contributed by atoms with Gasteiger partial charge in [0, 0.05) is 24.3 Å². The van der Waals surface area contributed by atoms with Gasteiger partial charge in [0.15, 0.2) is 0 Å². The van der Waals surface area contributed by atoms with Crippen LogP contribution >= 0.6 is 23.2 Å². The summed E-state index contributed by atoms with van der Waals surface area (Å²) < 4.78 is 0. The van der Waals surface area contributed by atoms with E-state index in [1.54, 1.807) is 28.9 Å². The number of rotatable bonds is 3. The number of hydrogen-bond acceptors (Lipinski definition) is 3. The van der Waals surface area contributed by atoms with Crippen LogP contribution in [0.1, 0.15) is 42.2 Å². The van der Waals surface area contributed by atoms with E-state index in [-0.39, 0.29) is 39.8 Å². The Kier molecular flexibility index (Phi) is 5.99. The molecular weight excluding hydrogens is 433 g/mol. The third-order valence-electron chi connectivity index (χ3n) is 5.51. The summed E-state index contributed by atoms with van der Waals surface area (Å²) in [5.74, 6) is -0.301. The van der Waals surface area contributed by atoms with Crippen LogP contribution in [-0.4, -0.2) is 22.8 Å². The first kappa shape index (κ1) is 21.3. The van der Waals surface area contributed by atoms with Gasteiger partial charge in [-0.3, -0.25) is 9.59 Å². The zero-order chi connectivity index (χ0) is 22.1. The van der Waals surface area contributed by atoms with E-state index in [0.717, 1.165) is 16.9 Å². The molecule has 1 aromatic heterocycles. The number of benzene rings is 2. The fraction of sp³-hybridized carbons (Fsp3) is 0.208. The van der Waals surface area contributed by atoms with Crippen molar-refractivity contribution >= 4 is 46.4 Å². The molecule has 7 heteroatoms. The number of pyridine rings is 1. The molecule has 2 atom stereocenters. The van der Waals surface area contributed by atoms with Gasteiger partial charge >= 0.3 is 0 Å². The van der Waals surface area contributed by atoms with Crippen molar-refractivity contribution < 1.29 is 9.59 Å². The van der Waals surface area contributed by atoms with Crippen molar-refractivity contribution in [2.24, 2.45) is 0 Å². The number of carbonyl (C=O) groups excluding carboxylic acids is 2. The normalized spacial score (nSPS) is 17.7. The van der Waals surface area contributed by atoms with E-state index in [4.69, 9.17) is 23.2 Å². The van der Waals surface area contributed by atoms with Crippen molar-refractivity contribution in [2.75, 3.05) is 9.80 Å². The summed E-state index contributed by atoms with van der Waals surface area (Å²) in [5, 5.41) is 0.299. The smallest absolute Gasteiger partial charge is 0.261 e. The van der Waals surface area contributed by atoms with Crippen LogP contribution in [0.4, 0.5) is 11.4 Å². The van der Waals surface area contributed by atoms with Gasteiger partial charge in [0.05, 0.1) is 11.6 Å². The monoisotopic (exact) mass is 453 g/mol. The fourth-order valence-electron chi connectivity index (χ4n) is 4.21. The Balaban J connectivity index is 1.79. The van der Waals surface area contributed by atoms with Gasteiger partial charge in [-0.1, -0.05) is 59.6 Å². The first-order chi connectivity index (χ1) is 14.9. The second-order valence-electron chi connectivity index (χ2n) is 7.53. The molecule has 0 N–H and O–H groups in total. The van der Waals surface area contributed by atoms with Crippen molar-refractivity contribution in [3.63, 3.8) is 0 Å². The molecule has 1 aliphatic heterocycles. The lowest BCUT2D eigenvalue weighted by molar-refractivity contribution is -0.117. The maximum atomic E-state index is 13.5. The Morgan fingerprint density at radius 1 is 1.00 bits per heavy atom. The van der Waals surface area contributed by atoms with Crippen LogP contribution in [0.15, 0.2) is 66.7 Å². The highest BCUT2D eigenvalue weighted by Gasteiger charge is 2.38. The second kappa shape index (κ2) is 8.69. The number of amides is 2. The van der Waals surface area contributed by atoms with Crippen molar-refractivity contribution in [2.45, 2.75) is 32.4 Å². The molecule has 0 bridgehead atoms. The third-order valence-corrected chi connectivity index (χ3v) is 6.01. The van der Waals surface area contributed by atoms with Gasteiger partial charge in [0.1, 0.15) is 10.3 Å². The van der Waals surface area contributed by atoms with Gasteiger partial charge < -0.3 is 9.80 Å². The molecule has 4 rings (SSSR count). The molecule has 0 unspecified atom stereocenters. The number of halogens is 2. The molecule has 2 aromatic carbocycles. The molecule has 0 fully saturated rings. The predicted molar refractivity (Wildman–Crippen MR) is 124 cm³/mol. The lowest BCUT2D eigenvalue weighted by Gasteiger charge is -2.43. The summed E-state index contributed by atoms with van der Waals surface area (Å²) in [4.78, 5) is 33.7. The summed E-state index contributed by atoms with van der Waals surface area (Å²) >= 11 is 12.1. The van der Waals surface area contributed by atoms with Gasteiger partial charge in [0.2, 0.25) is 5.91 Å². The highest BCUT2D eigenvalue weighted by Crippen LogP contribution is 2.43. The molecule has 3 aromatic rings. The quantitative estimate of drug-likeness (QED) is 0.462. The fourth-order valence-corrected chi connectivity index (χ4v) is 4.63. The summed E-state index contributed by atoms with van der Waals surface area (Å²) in [7, 11) is 0. The molecule has 1 aliphatic rings. The van der Waals surface area contributed by atoms with Crippen LogP contribution in [0.25, 0.3) is 0 Å². The van der Waals surface area contributed by atoms with Gasteiger partial charge in [-0.15, -0.1) is 0 Å². The van der Waals surface area contributed by atoms with E-state index in [9.17, 15) is 9.59 Å². The minimum absolute atomic E-state index is 0.0528. The second-order valence-corrected chi connectivity index (χ2v) is 8.28. The molecule has 0 radical (unpaired) electrons. The molecule has 0 spiro atoms. The number of carbonyl (C=O) groups is 2. The minimum Gasteiger partial charge on any atom is -0.305 e. The molecule has 2 heterocycles.